The molecular formula is C42H64N6O4. The number of fused-ring (bicyclic) bond motifs is 3. The van der Waals surface area contributed by atoms with Gasteiger partial charge in [-0.3, -0.25) is 4.79 Å². The van der Waals surface area contributed by atoms with Crippen molar-refractivity contribution in [3.05, 3.63) is 36.6 Å². The summed E-state index contributed by atoms with van der Waals surface area (Å²) in [6, 6.07) is 1.74. The van der Waals surface area contributed by atoms with Crippen LogP contribution in [0.4, 0.5) is 0 Å². The molecular weight excluding hydrogens is 653 g/mol. The maximum atomic E-state index is 13.5. The van der Waals surface area contributed by atoms with Gasteiger partial charge in [0.25, 0.3) is 0 Å². The van der Waals surface area contributed by atoms with Crippen molar-refractivity contribution in [2.45, 2.75) is 125 Å². The molecule has 2 bridgehead atoms. The number of carboxylic acid groups (broad SMARTS) is 1. The first-order valence-corrected chi connectivity index (χ1v) is 19.9. The maximum Gasteiger partial charge on any atom is 0.307 e. The van der Waals surface area contributed by atoms with Crippen LogP contribution >= 0.6 is 0 Å². The van der Waals surface area contributed by atoms with Crippen molar-refractivity contribution in [2.75, 3.05) is 19.8 Å². The Labute approximate surface area is 311 Å². The van der Waals surface area contributed by atoms with Gasteiger partial charge in [0.1, 0.15) is 18.3 Å². The molecule has 1 aliphatic heterocycles. The molecule has 4 fully saturated rings. The first-order valence-electron chi connectivity index (χ1n) is 19.9. The minimum absolute atomic E-state index is 0.144. The number of allylic oxidation sites excluding steroid dienone is 1. The number of aromatic nitrogens is 5. The average Bonchev–Trinajstić information content (AvgIpc) is 3.58. The molecule has 0 spiro atoms. The molecule has 0 aromatic carbocycles. The van der Waals surface area contributed by atoms with Crippen LogP contribution in [0.5, 0.6) is 0 Å². The Balaban J connectivity index is 1.35. The minimum Gasteiger partial charge on any atom is -0.481 e. The van der Waals surface area contributed by atoms with Gasteiger partial charge in [0.2, 0.25) is 0 Å². The van der Waals surface area contributed by atoms with Crippen molar-refractivity contribution >= 4 is 5.97 Å². The van der Waals surface area contributed by atoms with Crippen molar-refractivity contribution in [3.8, 4) is 11.5 Å². The number of nitrogens with two attached hydrogens (primary N) is 1. The SMILES string of the molecule is CC(C)[C@@H](C)[C@@]1(C)CC[C@]2(C)[C@H]3CC[C@@H]4[C@@]5(COC[C@@]4(C)[C@@H](OC[C@](C)(N)C(C)C)[C@H](n4ncnc4-c4ccncn4)C5)C3=CC[C@@]2(C)[C@@H]1C(=O)O. The number of rotatable bonds is 9. The van der Waals surface area contributed by atoms with Gasteiger partial charge in [0, 0.05) is 22.6 Å². The fourth-order valence-electron chi connectivity index (χ4n) is 12.7. The Morgan fingerprint density at radius 1 is 1.08 bits per heavy atom. The zero-order valence-electron chi connectivity index (χ0n) is 33.4. The number of nitrogens with zero attached hydrogens (tertiary/aromatic N) is 5. The summed E-state index contributed by atoms with van der Waals surface area (Å²) in [4.78, 5) is 27.0. The number of hydrogen-bond acceptors (Lipinski definition) is 8. The van der Waals surface area contributed by atoms with Gasteiger partial charge in [0.15, 0.2) is 5.82 Å². The highest BCUT2D eigenvalue weighted by molar-refractivity contribution is 5.73. The second-order valence-electron chi connectivity index (χ2n) is 19.6. The normalized spacial score (nSPS) is 41.7. The molecule has 10 heteroatoms. The van der Waals surface area contributed by atoms with E-state index in [1.807, 2.05) is 6.07 Å². The summed E-state index contributed by atoms with van der Waals surface area (Å²) in [5.74, 6) is 1.22. The molecule has 10 nitrogen and oxygen atoms in total. The standard InChI is InChI=1S/C42H64N6O4/c1-25(2)27(5)37(6)16-17-39(8)28-11-12-32-38(7)20-51-22-42(32,29(28)13-15-40(39,9)33(37)36(49)50)19-31(34(38)52-21-41(10,43)26(3)4)48-35(46-24-47-48)30-14-18-44-23-45-30/h13-14,18,23-28,31-34H,11-12,15-17,19-22,43H2,1-10H3,(H,49,50)/t27-,28+,31-,32+,33-,34+,37-,38-,39-,40+,41+,42+/m1/s1. The number of hydrogen-bond donors (Lipinski definition) is 2. The molecule has 7 rings (SSSR count). The lowest BCUT2D eigenvalue weighted by Gasteiger charge is -2.71. The van der Waals surface area contributed by atoms with E-state index in [2.05, 4.69) is 90.0 Å². The molecule has 0 radical (unpaired) electrons. The van der Waals surface area contributed by atoms with E-state index in [0.29, 0.717) is 43.4 Å². The first kappa shape index (κ1) is 37.6. The molecule has 0 unspecified atom stereocenters. The monoisotopic (exact) mass is 716 g/mol. The lowest BCUT2D eigenvalue weighted by atomic mass is 9.34. The molecule has 2 aromatic rings. The van der Waals surface area contributed by atoms with Crippen LogP contribution in [-0.2, 0) is 14.3 Å². The van der Waals surface area contributed by atoms with E-state index in [1.165, 1.54) is 5.57 Å². The lowest BCUT2D eigenvalue weighted by Crippen LogP contribution is -2.69. The molecule has 286 valence electrons. The highest BCUT2D eigenvalue weighted by Gasteiger charge is 2.72. The van der Waals surface area contributed by atoms with Crippen molar-refractivity contribution in [1.29, 1.82) is 0 Å². The summed E-state index contributed by atoms with van der Waals surface area (Å²) in [5, 5.41) is 16.0. The van der Waals surface area contributed by atoms with E-state index in [1.54, 1.807) is 18.9 Å². The van der Waals surface area contributed by atoms with Gasteiger partial charge in [-0.2, -0.15) is 5.10 Å². The zero-order valence-corrected chi connectivity index (χ0v) is 33.4. The van der Waals surface area contributed by atoms with Crippen molar-refractivity contribution < 1.29 is 19.4 Å². The van der Waals surface area contributed by atoms with Gasteiger partial charge in [-0.1, -0.05) is 74.0 Å². The van der Waals surface area contributed by atoms with Crippen LogP contribution in [0.25, 0.3) is 11.5 Å². The molecule has 1 saturated heterocycles. The second kappa shape index (κ2) is 12.7. The summed E-state index contributed by atoms with van der Waals surface area (Å²) < 4.78 is 16.0. The third-order valence-corrected chi connectivity index (χ3v) is 16.7. The second-order valence-corrected chi connectivity index (χ2v) is 19.6. The van der Waals surface area contributed by atoms with Gasteiger partial charge in [0.05, 0.1) is 37.9 Å². The molecule has 0 amide bonds. The summed E-state index contributed by atoms with van der Waals surface area (Å²) in [5.41, 5.74) is 7.21. The van der Waals surface area contributed by atoms with Gasteiger partial charge >= 0.3 is 5.97 Å². The molecule has 3 saturated carbocycles. The fourth-order valence-corrected chi connectivity index (χ4v) is 12.7. The highest BCUT2D eigenvalue weighted by Crippen LogP contribution is 2.75. The molecule has 3 N–H and O–H groups in total. The Morgan fingerprint density at radius 3 is 2.48 bits per heavy atom. The minimum atomic E-state index is -0.629. The fraction of sp³-hybridized carbons (Fsp3) is 0.786. The summed E-state index contributed by atoms with van der Waals surface area (Å²) in [7, 11) is 0. The number of ether oxygens (including phenoxy) is 2. The predicted molar refractivity (Wildman–Crippen MR) is 201 cm³/mol. The quantitative estimate of drug-likeness (QED) is 0.251. The van der Waals surface area contributed by atoms with Crippen LogP contribution < -0.4 is 5.73 Å². The summed E-state index contributed by atoms with van der Waals surface area (Å²) >= 11 is 0. The van der Waals surface area contributed by atoms with Crippen LogP contribution in [0.2, 0.25) is 0 Å². The van der Waals surface area contributed by atoms with E-state index in [9.17, 15) is 9.90 Å². The maximum absolute atomic E-state index is 13.5. The van der Waals surface area contributed by atoms with Gasteiger partial charge < -0.3 is 20.3 Å². The third-order valence-electron chi connectivity index (χ3n) is 16.7. The molecule has 52 heavy (non-hydrogen) atoms. The number of carboxylic acids is 1. The van der Waals surface area contributed by atoms with Gasteiger partial charge in [-0.15, -0.1) is 0 Å². The Bertz CT molecular complexity index is 1690. The van der Waals surface area contributed by atoms with E-state index in [0.717, 1.165) is 44.2 Å². The van der Waals surface area contributed by atoms with E-state index >= 15 is 0 Å². The number of carbonyl (C=O) groups is 1. The smallest absolute Gasteiger partial charge is 0.307 e. The molecule has 5 aliphatic rings. The Morgan fingerprint density at radius 2 is 1.83 bits per heavy atom. The Kier molecular flexibility index (Phi) is 9.18. The third kappa shape index (κ3) is 5.23. The van der Waals surface area contributed by atoms with E-state index in [4.69, 9.17) is 25.3 Å². The van der Waals surface area contributed by atoms with E-state index in [-0.39, 0.29) is 51.1 Å². The molecule has 12 atom stereocenters. The van der Waals surface area contributed by atoms with Crippen molar-refractivity contribution in [2.24, 2.45) is 68.3 Å². The highest BCUT2D eigenvalue weighted by atomic mass is 16.5. The predicted octanol–water partition coefficient (Wildman–Crippen LogP) is 7.62. The van der Waals surface area contributed by atoms with E-state index < -0.39 is 17.4 Å². The van der Waals surface area contributed by atoms with Gasteiger partial charge in [-0.05, 0) is 97.3 Å². The Hall–Kier alpha value is -2.69. The molecule has 4 aliphatic carbocycles. The van der Waals surface area contributed by atoms with Crippen LogP contribution in [0, 0.1) is 62.6 Å². The molecule has 3 heterocycles. The summed E-state index contributed by atoms with van der Waals surface area (Å²) in [6.45, 7) is 24.3. The number of aliphatic carboxylic acids is 1. The van der Waals surface area contributed by atoms with Crippen LogP contribution in [0.15, 0.2) is 36.6 Å². The van der Waals surface area contributed by atoms with Gasteiger partial charge in [-0.25, -0.2) is 19.6 Å². The van der Waals surface area contributed by atoms with Crippen LogP contribution in [0.1, 0.15) is 114 Å². The van der Waals surface area contributed by atoms with Crippen LogP contribution in [-0.4, -0.2) is 67.3 Å². The molecule has 2 aromatic heterocycles. The average molecular weight is 717 g/mol. The largest absolute Gasteiger partial charge is 0.481 e. The first-order chi connectivity index (χ1) is 24.4. The van der Waals surface area contributed by atoms with Crippen molar-refractivity contribution in [1.82, 2.24) is 24.7 Å². The van der Waals surface area contributed by atoms with Crippen LogP contribution in [0.3, 0.4) is 0 Å². The zero-order chi connectivity index (χ0) is 37.6. The lowest BCUT2D eigenvalue weighted by molar-refractivity contribution is -0.252. The van der Waals surface area contributed by atoms with Crippen molar-refractivity contribution in [3.63, 3.8) is 0 Å². The summed E-state index contributed by atoms with van der Waals surface area (Å²) in [6.07, 6.45) is 12.8. The topological polar surface area (TPSA) is 138 Å².